The maximum absolute atomic E-state index is 13.7. The van der Waals surface area contributed by atoms with Crippen LogP contribution >= 0.6 is 0 Å². The van der Waals surface area contributed by atoms with E-state index in [1.54, 1.807) is 11.0 Å². The van der Waals surface area contributed by atoms with Gasteiger partial charge in [0.2, 0.25) is 11.8 Å². The lowest BCUT2D eigenvalue weighted by atomic mass is 10.1. The van der Waals surface area contributed by atoms with Crippen LogP contribution in [0.2, 0.25) is 0 Å². The van der Waals surface area contributed by atoms with Gasteiger partial charge in [-0.15, -0.1) is 0 Å². The van der Waals surface area contributed by atoms with Crippen LogP contribution in [0.25, 0.3) is 0 Å². The minimum absolute atomic E-state index is 0.117. The molecule has 2 aromatic rings. The minimum atomic E-state index is -0.647. The Morgan fingerprint density at radius 1 is 1.21 bits per heavy atom. The normalized spacial score (nSPS) is 14.9. The summed E-state index contributed by atoms with van der Waals surface area (Å²) < 4.78 is 31.7. The zero-order valence-corrected chi connectivity index (χ0v) is 13.1. The number of ether oxygens (including phenoxy) is 1. The molecule has 1 saturated heterocycles. The number of rotatable bonds is 4. The average molecular weight is 334 g/mol. The molecule has 6 nitrogen and oxygen atoms in total. The predicted molar refractivity (Wildman–Crippen MR) is 82.6 cm³/mol. The summed E-state index contributed by atoms with van der Waals surface area (Å²) in [4.78, 5) is 23.8. The van der Waals surface area contributed by atoms with Gasteiger partial charge in [0, 0.05) is 37.3 Å². The highest BCUT2D eigenvalue weighted by Gasteiger charge is 2.25. The second-order valence-electron chi connectivity index (χ2n) is 5.39. The van der Waals surface area contributed by atoms with E-state index in [9.17, 15) is 13.6 Å². The number of piperazine rings is 1. The molecule has 0 atom stereocenters. The summed E-state index contributed by atoms with van der Waals surface area (Å²) in [6.07, 6.45) is 1.37. The molecule has 1 aliphatic heterocycles. The average Bonchev–Trinajstić information content (AvgIpc) is 2.59. The van der Waals surface area contributed by atoms with Gasteiger partial charge in [0.05, 0.1) is 13.7 Å². The van der Waals surface area contributed by atoms with Gasteiger partial charge in [0.1, 0.15) is 23.8 Å². The van der Waals surface area contributed by atoms with Crippen LogP contribution in [0.3, 0.4) is 0 Å². The first-order chi connectivity index (χ1) is 11.6. The van der Waals surface area contributed by atoms with Crippen LogP contribution in [0, 0.1) is 11.6 Å². The predicted octanol–water partition coefficient (Wildman–Crippen LogP) is 1.61. The van der Waals surface area contributed by atoms with Gasteiger partial charge in [0.15, 0.2) is 0 Å². The van der Waals surface area contributed by atoms with E-state index < -0.39 is 11.6 Å². The van der Waals surface area contributed by atoms with Gasteiger partial charge in [-0.25, -0.2) is 18.7 Å². The molecular weight excluding hydrogens is 318 g/mol. The lowest BCUT2D eigenvalue weighted by Crippen LogP contribution is -2.50. The molecule has 1 amide bonds. The molecule has 0 radical (unpaired) electrons. The maximum Gasteiger partial charge on any atom is 0.242 e. The van der Waals surface area contributed by atoms with E-state index in [0.29, 0.717) is 30.4 Å². The Morgan fingerprint density at radius 3 is 2.75 bits per heavy atom. The van der Waals surface area contributed by atoms with Crippen LogP contribution in [0.1, 0.15) is 5.56 Å². The number of benzene rings is 1. The smallest absolute Gasteiger partial charge is 0.242 e. The third-order valence-corrected chi connectivity index (χ3v) is 3.86. The zero-order valence-electron chi connectivity index (χ0n) is 13.1. The molecule has 126 valence electrons. The van der Waals surface area contributed by atoms with Crippen molar-refractivity contribution in [3.05, 3.63) is 47.8 Å². The Balaban J connectivity index is 1.68. The summed E-state index contributed by atoms with van der Waals surface area (Å²) in [6.45, 7) is 1.21. The molecule has 1 aromatic heterocycles. The fourth-order valence-electron chi connectivity index (χ4n) is 2.54. The summed E-state index contributed by atoms with van der Waals surface area (Å²) in [6, 6.07) is 5.03. The molecule has 8 heteroatoms. The molecule has 3 rings (SSSR count). The molecule has 2 heterocycles. The van der Waals surface area contributed by atoms with Gasteiger partial charge in [-0.05, 0) is 6.07 Å². The van der Waals surface area contributed by atoms with Gasteiger partial charge in [-0.3, -0.25) is 4.79 Å². The number of aromatic nitrogens is 2. The number of hydrogen-bond donors (Lipinski definition) is 0. The number of anilines is 1. The molecular formula is C16H16F2N4O2. The van der Waals surface area contributed by atoms with Crippen molar-refractivity contribution >= 4 is 11.7 Å². The maximum atomic E-state index is 13.7. The van der Waals surface area contributed by atoms with E-state index in [2.05, 4.69) is 9.97 Å². The van der Waals surface area contributed by atoms with E-state index in [-0.39, 0.29) is 19.0 Å². The first-order valence-electron chi connectivity index (χ1n) is 7.39. The zero-order chi connectivity index (χ0) is 17.1. The van der Waals surface area contributed by atoms with Crippen molar-refractivity contribution in [3.8, 4) is 5.88 Å². The Bertz CT molecular complexity index is 757. The summed E-state index contributed by atoms with van der Waals surface area (Å²) in [5, 5.41) is 0. The molecule has 0 spiro atoms. The second kappa shape index (κ2) is 6.77. The Labute approximate surface area is 137 Å². The van der Waals surface area contributed by atoms with Crippen LogP contribution < -0.4 is 9.64 Å². The van der Waals surface area contributed by atoms with E-state index in [1.165, 1.54) is 25.6 Å². The van der Waals surface area contributed by atoms with E-state index >= 15 is 0 Å². The van der Waals surface area contributed by atoms with Crippen molar-refractivity contribution in [1.82, 2.24) is 14.9 Å². The summed E-state index contributed by atoms with van der Waals surface area (Å²) in [5.41, 5.74) is 0.293. The van der Waals surface area contributed by atoms with Crippen LogP contribution in [0.15, 0.2) is 30.6 Å². The van der Waals surface area contributed by atoms with Gasteiger partial charge < -0.3 is 14.5 Å². The van der Waals surface area contributed by atoms with Gasteiger partial charge in [-0.1, -0.05) is 6.07 Å². The fourth-order valence-corrected chi connectivity index (χ4v) is 2.54. The van der Waals surface area contributed by atoms with E-state index in [4.69, 9.17) is 4.74 Å². The van der Waals surface area contributed by atoms with Gasteiger partial charge in [0.25, 0.3) is 0 Å². The standard InChI is InChI=1S/C16H16F2N4O2/c1-24-15-7-14(19-10-20-15)21-4-5-22(16(23)9-21)8-11-2-3-12(17)6-13(11)18/h2-3,6-7,10H,4-5,8-9H2,1H3. The molecule has 24 heavy (non-hydrogen) atoms. The number of hydrogen-bond acceptors (Lipinski definition) is 5. The second-order valence-corrected chi connectivity index (χ2v) is 5.39. The largest absolute Gasteiger partial charge is 0.481 e. The highest BCUT2D eigenvalue weighted by atomic mass is 19.1. The molecule has 0 N–H and O–H groups in total. The monoisotopic (exact) mass is 334 g/mol. The van der Waals surface area contributed by atoms with Crippen molar-refractivity contribution < 1.29 is 18.3 Å². The first-order valence-corrected chi connectivity index (χ1v) is 7.39. The van der Waals surface area contributed by atoms with Crippen molar-refractivity contribution in [2.45, 2.75) is 6.54 Å². The number of carbonyl (C=O) groups is 1. The number of halogens is 2. The molecule has 1 fully saturated rings. The third kappa shape index (κ3) is 3.42. The fraction of sp³-hybridized carbons (Fsp3) is 0.312. The van der Waals surface area contributed by atoms with Crippen molar-refractivity contribution in [3.63, 3.8) is 0 Å². The topological polar surface area (TPSA) is 58.6 Å². The Morgan fingerprint density at radius 2 is 2.04 bits per heavy atom. The van der Waals surface area contributed by atoms with Crippen LogP contribution in [0.4, 0.5) is 14.6 Å². The number of nitrogens with zero attached hydrogens (tertiary/aromatic N) is 4. The van der Waals surface area contributed by atoms with E-state index in [1.807, 2.05) is 4.90 Å². The van der Waals surface area contributed by atoms with Crippen LogP contribution in [0.5, 0.6) is 5.88 Å². The number of amides is 1. The first kappa shape index (κ1) is 16.1. The quantitative estimate of drug-likeness (QED) is 0.850. The Hall–Kier alpha value is -2.77. The number of carbonyl (C=O) groups excluding carboxylic acids is 1. The molecule has 0 saturated carbocycles. The molecule has 0 bridgehead atoms. The van der Waals surface area contributed by atoms with Crippen molar-refractivity contribution in [2.75, 3.05) is 31.6 Å². The molecule has 0 aliphatic carbocycles. The highest BCUT2D eigenvalue weighted by molar-refractivity contribution is 5.82. The summed E-state index contributed by atoms with van der Waals surface area (Å²) in [7, 11) is 1.51. The minimum Gasteiger partial charge on any atom is -0.481 e. The molecule has 1 aromatic carbocycles. The summed E-state index contributed by atoms with van der Waals surface area (Å²) in [5.74, 6) is -0.413. The highest BCUT2D eigenvalue weighted by Crippen LogP contribution is 2.19. The van der Waals surface area contributed by atoms with Gasteiger partial charge in [-0.2, -0.15) is 0 Å². The number of methoxy groups -OCH3 is 1. The van der Waals surface area contributed by atoms with Gasteiger partial charge >= 0.3 is 0 Å². The lowest BCUT2D eigenvalue weighted by molar-refractivity contribution is -0.131. The van der Waals surface area contributed by atoms with Crippen molar-refractivity contribution in [1.29, 1.82) is 0 Å². The Kier molecular flexibility index (Phi) is 4.54. The molecule has 0 unspecified atom stereocenters. The van der Waals surface area contributed by atoms with Crippen molar-refractivity contribution in [2.24, 2.45) is 0 Å². The lowest BCUT2D eigenvalue weighted by Gasteiger charge is -2.35. The molecule has 1 aliphatic rings. The van der Waals surface area contributed by atoms with E-state index in [0.717, 1.165) is 6.07 Å². The van der Waals surface area contributed by atoms with Crippen LogP contribution in [-0.4, -0.2) is 47.5 Å². The third-order valence-electron chi connectivity index (χ3n) is 3.86. The van der Waals surface area contributed by atoms with Crippen LogP contribution in [-0.2, 0) is 11.3 Å². The summed E-state index contributed by atoms with van der Waals surface area (Å²) >= 11 is 0. The SMILES string of the molecule is COc1cc(N2CCN(Cc3ccc(F)cc3F)C(=O)C2)ncn1.